The second-order valence-corrected chi connectivity index (χ2v) is 5.46. The predicted octanol–water partition coefficient (Wildman–Crippen LogP) is 3.19. The van der Waals surface area contributed by atoms with Crippen molar-refractivity contribution in [1.29, 1.82) is 0 Å². The third-order valence-corrected chi connectivity index (χ3v) is 4.61. The van der Waals surface area contributed by atoms with Crippen molar-refractivity contribution in [2.24, 2.45) is 0 Å². The average Bonchev–Trinajstić information content (AvgIpc) is 2.98. The number of rotatable bonds is 2. The van der Waals surface area contributed by atoms with Gasteiger partial charge in [-0.3, -0.25) is 4.79 Å². The molecule has 1 aromatic carbocycles. The first-order valence-electron chi connectivity index (χ1n) is 5.80. The largest absolute Gasteiger partial charge is 0.481 e. The molecule has 17 heavy (non-hydrogen) atoms. The van der Waals surface area contributed by atoms with Gasteiger partial charge in [0.25, 0.3) is 0 Å². The predicted molar refractivity (Wildman–Crippen MR) is 67.4 cm³/mol. The fourth-order valence-electron chi connectivity index (χ4n) is 2.84. The summed E-state index contributed by atoms with van der Waals surface area (Å²) in [7, 11) is 0. The molecule has 0 amide bonds. The number of thiazole rings is 1. The molecule has 3 nitrogen and oxygen atoms in total. The number of carboxylic acids is 1. The van der Waals surface area contributed by atoms with Crippen molar-refractivity contribution in [2.45, 2.75) is 31.1 Å². The molecule has 2 aromatic rings. The molecule has 0 saturated heterocycles. The van der Waals surface area contributed by atoms with Gasteiger partial charge in [0.2, 0.25) is 0 Å². The van der Waals surface area contributed by atoms with Crippen LogP contribution in [0.1, 0.15) is 31.2 Å². The van der Waals surface area contributed by atoms with E-state index in [0.717, 1.165) is 41.5 Å². The van der Waals surface area contributed by atoms with E-state index in [2.05, 4.69) is 4.98 Å². The van der Waals surface area contributed by atoms with E-state index in [9.17, 15) is 9.90 Å². The van der Waals surface area contributed by atoms with Crippen LogP contribution >= 0.6 is 11.3 Å². The van der Waals surface area contributed by atoms with Crippen molar-refractivity contribution in [2.75, 3.05) is 0 Å². The summed E-state index contributed by atoms with van der Waals surface area (Å²) in [6, 6.07) is 5.82. The number of benzene rings is 1. The van der Waals surface area contributed by atoms with Crippen LogP contribution in [0.4, 0.5) is 0 Å². The maximum absolute atomic E-state index is 11.7. The Kier molecular flexibility index (Phi) is 2.40. The molecule has 1 N–H and O–H groups in total. The van der Waals surface area contributed by atoms with Crippen LogP contribution in [0.5, 0.6) is 0 Å². The fraction of sp³-hybridized carbons (Fsp3) is 0.385. The highest BCUT2D eigenvalue weighted by atomic mass is 32.1. The first kappa shape index (κ1) is 10.7. The summed E-state index contributed by atoms with van der Waals surface area (Å²) in [5.74, 6) is -0.684. The van der Waals surface area contributed by atoms with E-state index >= 15 is 0 Å². The number of hydrogen-bond acceptors (Lipinski definition) is 3. The Bertz CT molecular complexity index is 570. The van der Waals surface area contributed by atoms with Crippen LogP contribution in [0.2, 0.25) is 0 Å². The molecular weight excluding hydrogens is 234 g/mol. The van der Waals surface area contributed by atoms with Crippen LogP contribution in [0.3, 0.4) is 0 Å². The summed E-state index contributed by atoms with van der Waals surface area (Å²) < 4.78 is 1.04. The van der Waals surface area contributed by atoms with Crippen molar-refractivity contribution in [3.63, 3.8) is 0 Å². The molecule has 4 heteroatoms. The van der Waals surface area contributed by atoms with Crippen LogP contribution in [-0.4, -0.2) is 16.1 Å². The summed E-state index contributed by atoms with van der Waals surface area (Å²) in [5.41, 5.74) is 2.99. The van der Waals surface area contributed by atoms with Gasteiger partial charge in [-0.15, -0.1) is 11.3 Å². The molecule has 1 aliphatic rings. The maximum Gasteiger partial charge on any atom is 0.314 e. The van der Waals surface area contributed by atoms with Crippen LogP contribution in [-0.2, 0) is 10.2 Å². The zero-order valence-corrected chi connectivity index (χ0v) is 10.2. The van der Waals surface area contributed by atoms with E-state index in [1.54, 1.807) is 16.8 Å². The van der Waals surface area contributed by atoms with E-state index in [1.165, 1.54) is 0 Å². The number of fused-ring (bicyclic) bond motifs is 1. The van der Waals surface area contributed by atoms with E-state index in [0.29, 0.717) is 0 Å². The number of carbonyl (C=O) groups is 1. The van der Waals surface area contributed by atoms with Crippen molar-refractivity contribution >= 4 is 27.5 Å². The Morgan fingerprint density at radius 1 is 1.35 bits per heavy atom. The van der Waals surface area contributed by atoms with E-state index < -0.39 is 11.4 Å². The van der Waals surface area contributed by atoms with E-state index in [1.807, 2.05) is 18.2 Å². The Hall–Kier alpha value is -1.42. The van der Waals surface area contributed by atoms with Crippen molar-refractivity contribution < 1.29 is 9.90 Å². The normalized spacial score (nSPS) is 18.6. The Balaban J connectivity index is 2.25. The topological polar surface area (TPSA) is 50.2 Å². The summed E-state index contributed by atoms with van der Waals surface area (Å²) in [5, 5.41) is 9.60. The van der Waals surface area contributed by atoms with Gasteiger partial charge in [-0.25, -0.2) is 4.98 Å². The van der Waals surface area contributed by atoms with Gasteiger partial charge >= 0.3 is 5.97 Å². The van der Waals surface area contributed by atoms with Gasteiger partial charge in [-0.2, -0.15) is 0 Å². The second kappa shape index (κ2) is 3.81. The Morgan fingerprint density at radius 3 is 2.82 bits per heavy atom. The van der Waals surface area contributed by atoms with Gasteiger partial charge in [-0.05, 0) is 24.5 Å². The fourth-order valence-corrected chi connectivity index (χ4v) is 3.74. The third kappa shape index (κ3) is 1.47. The Morgan fingerprint density at radius 2 is 2.12 bits per heavy atom. The number of hydrogen-bond donors (Lipinski definition) is 1. The summed E-state index contributed by atoms with van der Waals surface area (Å²) in [4.78, 5) is 15.9. The highest BCUT2D eigenvalue weighted by Crippen LogP contribution is 2.44. The molecule has 0 unspecified atom stereocenters. The smallest absolute Gasteiger partial charge is 0.314 e. The lowest BCUT2D eigenvalue weighted by molar-refractivity contribution is -0.143. The number of aromatic nitrogens is 1. The molecule has 0 spiro atoms. The molecular formula is C13H13NO2S. The van der Waals surface area contributed by atoms with Gasteiger partial charge in [0.15, 0.2) is 0 Å². The van der Waals surface area contributed by atoms with Gasteiger partial charge in [-0.1, -0.05) is 25.0 Å². The molecule has 1 saturated carbocycles. The van der Waals surface area contributed by atoms with Crippen LogP contribution in [0, 0.1) is 0 Å². The standard InChI is InChI=1S/C13H13NO2S/c15-12(16)13(6-1-2-7-13)9-4-3-5-10-11(9)17-8-14-10/h3-5,8H,1-2,6-7H2,(H,15,16). The lowest BCUT2D eigenvalue weighted by atomic mass is 9.79. The first-order chi connectivity index (χ1) is 8.24. The summed E-state index contributed by atoms with van der Waals surface area (Å²) >= 11 is 1.54. The number of nitrogens with zero attached hydrogens (tertiary/aromatic N) is 1. The van der Waals surface area contributed by atoms with Crippen molar-refractivity contribution in [1.82, 2.24) is 4.98 Å². The van der Waals surface area contributed by atoms with Crippen molar-refractivity contribution in [3.8, 4) is 0 Å². The molecule has 1 aliphatic carbocycles. The minimum absolute atomic E-state index is 0.675. The van der Waals surface area contributed by atoms with Gasteiger partial charge in [0, 0.05) is 0 Å². The zero-order chi connectivity index (χ0) is 11.9. The molecule has 0 bridgehead atoms. The lowest BCUT2D eigenvalue weighted by Gasteiger charge is -2.24. The van der Waals surface area contributed by atoms with Crippen LogP contribution in [0.25, 0.3) is 10.2 Å². The number of aliphatic carboxylic acids is 1. The first-order valence-corrected chi connectivity index (χ1v) is 6.68. The van der Waals surface area contributed by atoms with E-state index in [4.69, 9.17) is 0 Å². The molecule has 0 aliphatic heterocycles. The second-order valence-electron chi connectivity index (χ2n) is 4.60. The molecule has 1 aromatic heterocycles. The average molecular weight is 247 g/mol. The molecule has 1 heterocycles. The monoisotopic (exact) mass is 247 g/mol. The minimum Gasteiger partial charge on any atom is -0.481 e. The lowest BCUT2D eigenvalue weighted by Crippen LogP contribution is -2.32. The summed E-state index contributed by atoms with van der Waals surface area (Å²) in [6.45, 7) is 0. The van der Waals surface area contributed by atoms with Crippen LogP contribution in [0.15, 0.2) is 23.7 Å². The summed E-state index contributed by atoms with van der Waals surface area (Å²) in [6.07, 6.45) is 3.50. The molecule has 3 rings (SSSR count). The quantitative estimate of drug-likeness (QED) is 0.886. The molecule has 1 fully saturated rings. The van der Waals surface area contributed by atoms with Crippen LogP contribution < -0.4 is 0 Å². The highest BCUT2D eigenvalue weighted by Gasteiger charge is 2.44. The maximum atomic E-state index is 11.7. The highest BCUT2D eigenvalue weighted by molar-refractivity contribution is 7.17. The van der Waals surface area contributed by atoms with Crippen molar-refractivity contribution in [3.05, 3.63) is 29.3 Å². The zero-order valence-electron chi connectivity index (χ0n) is 9.35. The van der Waals surface area contributed by atoms with Gasteiger partial charge < -0.3 is 5.11 Å². The molecule has 0 radical (unpaired) electrons. The molecule has 88 valence electrons. The van der Waals surface area contributed by atoms with Gasteiger partial charge in [0.1, 0.15) is 0 Å². The SMILES string of the molecule is O=C(O)C1(c2cccc3ncsc23)CCCC1. The third-order valence-electron chi connectivity index (χ3n) is 3.74. The number of carboxylic acid groups (broad SMARTS) is 1. The Labute approximate surface area is 103 Å². The molecule has 0 atom stereocenters. The minimum atomic E-state index is -0.684. The van der Waals surface area contributed by atoms with E-state index in [-0.39, 0.29) is 0 Å². The van der Waals surface area contributed by atoms with Gasteiger partial charge in [0.05, 0.1) is 21.1 Å².